The Kier molecular flexibility index (Phi) is 3.58. The van der Waals surface area contributed by atoms with E-state index in [1.54, 1.807) is 16.2 Å². The van der Waals surface area contributed by atoms with Crippen LogP contribution in [0.4, 0.5) is 0 Å². The summed E-state index contributed by atoms with van der Waals surface area (Å²) in [6.07, 6.45) is 0. The lowest BCUT2D eigenvalue weighted by molar-refractivity contribution is 0.0786. The highest BCUT2D eigenvalue weighted by Gasteiger charge is 2.20. The molecule has 2 aromatic heterocycles. The van der Waals surface area contributed by atoms with E-state index in [1.165, 1.54) is 0 Å². The average Bonchev–Trinajstić information content (AvgIpc) is 3.13. The highest BCUT2D eigenvalue weighted by molar-refractivity contribution is 7.18. The zero-order chi connectivity index (χ0) is 16.7. The molecule has 4 aromatic rings. The van der Waals surface area contributed by atoms with Gasteiger partial charge in [0, 0.05) is 23.6 Å². The summed E-state index contributed by atoms with van der Waals surface area (Å²) in [5.41, 5.74) is 3.62. The number of amides is 1. The zero-order valence-electron chi connectivity index (χ0n) is 13.5. The maximum absolute atomic E-state index is 12.9. The van der Waals surface area contributed by atoms with Crippen LogP contribution in [-0.2, 0) is 6.54 Å². The van der Waals surface area contributed by atoms with E-state index >= 15 is 0 Å². The van der Waals surface area contributed by atoms with Crippen molar-refractivity contribution in [1.29, 1.82) is 0 Å². The number of H-pyrrole nitrogens is 1. The second-order valence-corrected chi connectivity index (χ2v) is 7.02. The van der Waals surface area contributed by atoms with Gasteiger partial charge < -0.3 is 9.88 Å². The molecule has 0 aliphatic heterocycles. The molecule has 2 heterocycles. The summed E-state index contributed by atoms with van der Waals surface area (Å²) in [7, 11) is 1.83. The molecule has 4 nitrogen and oxygen atoms in total. The molecule has 4 rings (SSSR count). The molecule has 24 heavy (non-hydrogen) atoms. The summed E-state index contributed by atoms with van der Waals surface area (Å²) in [6, 6.07) is 16.0. The first-order valence-corrected chi connectivity index (χ1v) is 8.62. The highest BCUT2D eigenvalue weighted by atomic mass is 32.1. The molecule has 0 spiro atoms. The molecule has 0 aliphatic carbocycles. The standard InChI is InChI=1S/C19H17N3OS/c1-12-18(13-7-3-4-8-14(13)20-12)19(23)22(2)11-17-21-15-9-5-6-10-16(15)24-17/h3-10,20H,11H2,1-2H3. The number of carbonyl (C=O) groups excluding carboxylic acids is 1. The van der Waals surface area contributed by atoms with Crippen molar-refractivity contribution >= 4 is 38.4 Å². The quantitative estimate of drug-likeness (QED) is 0.605. The molecule has 0 unspecified atom stereocenters. The van der Waals surface area contributed by atoms with Crippen LogP contribution in [0.3, 0.4) is 0 Å². The molecule has 0 saturated heterocycles. The molecule has 0 aliphatic rings. The normalized spacial score (nSPS) is 11.2. The highest BCUT2D eigenvalue weighted by Crippen LogP contribution is 2.25. The van der Waals surface area contributed by atoms with Gasteiger partial charge in [-0.15, -0.1) is 11.3 Å². The number of nitrogens with one attached hydrogen (secondary N) is 1. The van der Waals surface area contributed by atoms with Crippen LogP contribution < -0.4 is 0 Å². The van der Waals surface area contributed by atoms with Crippen molar-refractivity contribution in [1.82, 2.24) is 14.9 Å². The fourth-order valence-corrected chi connectivity index (χ4v) is 4.03. The Morgan fingerprint density at radius 3 is 2.75 bits per heavy atom. The topological polar surface area (TPSA) is 49.0 Å². The van der Waals surface area contributed by atoms with Crippen LogP contribution in [0.2, 0.25) is 0 Å². The molecule has 2 aromatic carbocycles. The molecule has 120 valence electrons. The Hall–Kier alpha value is -2.66. The van der Waals surface area contributed by atoms with Crippen molar-refractivity contribution in [3.05, 3.63) is 64.8 Å². The largest absolute Gasteiger partial charge is 0.358 e. The van der Waals surface area contributed by atoms with E-state index in [2.05, 4.69) is 16.0 Å². The minimum atomic E-state index is 0.0178. The maximum atomic E-state index is 12.9. The third-order valence-electron chi connectivity index (χ3n) is 4.16. The first-order chi connectivity index (χ1) is 11.6. The average molecular weight is 335 g/mol. The monoisotopic (exact) mass is 335 g/mol. The third-order valence-corrected chi connectivity index (χ3v) is 5.19. The summed E-state index contributed by atoms with van der Waals surface area (Å²) in [5.74, 6) is 0.0178. The first kappa shape index (κ1) is 14.9. The molecule has 5 heteroatoms. The van der Waals surface area contributed by atoms with Gasteiger partial charge in [0.05, 0.1) is 22.3 Å². The van der Waals surface area contributed by atoms with Crippen LogP contribution in [0, 0.1) is 6.92 Å². The van der Waals surface area contributed by atoms with Crippen LogP contribution in [0.1, 0.15) is 21.1 Å². The Morgan fingerprint density at radius 2 is 1.92 bits per heavy atom. The van der Waals surface area contributed by atoms with Crippen molar-refractivity contribution in [3.8, 4) is 0 Å². The lowest BCUT2D eigenvalue weighted by atomic mass is 10.1. The fourth-order valence-electron chi connectivity index (χ4n) is 3.01. The van der Waals surface area contributed by atoms with Crippen molar-refractivity contribution in [2.24, 2.45) is 0 Å². The lowest BCUT2D eigenvalue weighted by Crippen LogP contribution is -2.26. The van der Waals surface area contributed by atoms with Gasteiger partial charge in [0.1, 0.15) is 5.01 Å². The number of thiazole rings is 1. The van der Waals surface area contributed by atoms with Crippen molar-refractivity contribution in [3.63, 3.8) is 0 Å². The molecule has 1 N–H and O–H groups in total. The number of para-hydroxylation sites is 2. The number of hydrogen-bond acceptors (Lipinski definition) is 3. The van der Waals surface area contributed by atoms with Gasteiger partial charge in [-0.05, 0) is 25.1 Å². The Balaban J connectivity index is 1.64. The second-order valence-electron chi connectivity index (χ2n) is 5.91. The van der Waals surface area contributed by atoms with Gasteiger partial charge in [-0.1, -0.05) is 30.3 Å². The molecule has 0 fully saturated rings. The van der Waals surface area contributed by atoms with Crippen molar-refractivity contribution < 1.29 is 4.79 Å². The third kappa shape index (κ3) is 2.47. The van der Waals surface area contributed by atoms with Crippen LogP contribution in [0.5, 0.6) is 0 Å². The number of rotatable bonds is 3. The maximum Gasteiger partial charge on any atom is 0.256 e. The molecule has 1 amide bonds. The zero-order valence-corrected chi connectivity index (χ0v) is 14.4. The molecular weight excluding hydrogens is 318 g/mol. The van der Waals surface area contributed by atoms with Gasteiger partial charge in [-0.3, -0.25) is 4.79 Å². The van der Waals surface area contributed by atoms with Crippen LogP contribution in [0.25, 0.3) is 21.1 Å². The number of hydrogen-bond donors (Lipinski definition) is 1. The minimum Gasteiger partial charge on any atom is -0.358 e. The van der Waals surface area contributed by atoms with E-state index < -0.39 is 0 Å². The SMILES string of the molecule is Cc1[nH]c2ccccc2c1C(=O)N(C)Cc1nc2ccccc2s1. The summed E-state index contributed by atoms with van der Waals surface area (Å²) in [5, 5.41) is 1.92. The predicted octanol–water partition coefficient (Wildman–Crippen LogP) is 4.36. The number of aromatic amines is 1. The van der Waals surface area contributed by atoms with E-state index in [-0.39, 0.29) is 5.91 Å². The summed E-state index contributed by atoms with van der Waals surface area (Å²) < 4.78 is 1.15. The van der Waals surface area contributed by atoms with E-state index in [0.29, 0.717) is 6.54 Å². The lowest BCUT2D eigenvalue weighted by Gasteiger charge is -2.15. The van der Waals surface area contributed by atoms with E-state index in [9.17, 15) is 4.79 Å². The van der Waals surface area contributed by atoms with Gasteiger partial charge in [0.15, 0.2) is 0 Å². The van der Waals surface area contributed by atoms with Gasteiger partial charge in [-0.25, -0.2) is 4.98 Å². The molecule has 0 saturated carbocycles. The van der Waals surface area contributed by atoms with Crippen LogP contribution in [-0.4, -0.2) is 27.8 Å². The van der Waals surface area contributed by atoms with E-state index in [0.717, 1.165) is 37.4 Å². The van der Waals surface area contributed by atoms with Crippen molar-refractivity contribution in [2.45, 2.75) is 13.5 Å². The van der Waals surface area contributed by atoms with E-state index in [4.69, 9.17) is 0 Å². The second kappa shape index (κ2) is 5.76. The summed E-state index contributed by atoms with van der Waals surface area (Å²) in [4.78, 5) is 22.6. The number of fused-ring (bicyclic) bond motifs is 2. The predicted molar refractivity (Wildman–Crippen MR) is 98.5 cm³/mol. The molecule has 0 radical (unpaired) electrons. The summed E-state index contributed by atoms with van der Waals surface area (Å²) >= 11 is 1.64. The molecule has 0 atom stereocenters. The number of aryl methyl sites for hydroxylation is 1. The van der Waals surface area contributed by atoms with E-state index in [1.807, 2.05) is 56.4 Å². The van der Waals surface area contributed by atoms with Crippen LogP contribution in [0.15, 0.2) is 48.5 Å². The fraction of sp³-hybridized carbons (Fsp3) is 0.158. The summed E-state index contributed by atoms with van der Waals surface area (Å²) in [6.45, 7) is 2.45. The number of aromatic nitrogens is 2. The Bertz CT molecular complexity index is 1010. The van der Waals surface area contributed by atoms with Gasteiger partial charge in [0.25, 0.3) is 5.91 Å². The molecular formula is C19H17N3OS. The van der Waals surface area contributed by atoms with Gasteiger partial charge >= 0.3 is 0 Å². The Labute approximate surface area is 143 Å². The van der Waals surface area contributed by atoms with Gasteiger partial charge in [0.2, 0.25) is 0 Å². The number of benzene rings is 2. The van der Waals surface area contributed by atoms with Crippen molar-refractivity contribution in [2.75, 3.05) is 7.05 Å². The van der Waals surface area contributed by atoms with Gasteiger partial charge in [-0.2, -0.15) is 0 Å². The molecule has 0 bridgehead atoms. The minimum absolute atomic E-state index is 0.0178. The first-order valence-electron chi connectivity index (χ1n) is 7.80. The number of carbonyl (C=O) groups is 1. The smallest absolute Gasteiger partial charge is 0.256 e. The van der Waals surface area contributed by atoms with Crippen LogP contribution >= 0.6 is 11.3 Å². The Morgan fingerprint density at radius 1 is 1.17 bits per heavy atom. The number of nitrogens with zero attached hydrogens (tertiary/aromatic N) is 2.